The van der Waals surface area contributed by atoms with Gasteiger partial charge in [-0.15, -0.1) is 0 Å². The molecule has 2 unspecified atom stereocenters. The number of aromatic nitrogens is 8. The zero-order valence-electron chi connectivity index (χ0n) is 23.5. The Labute approximate surface area is 256 Å². The van der Waals surface area contributed by atoms with Crippen LogP contribution in [0.2, 0.25) is 0 Å². The molecule has 0 aromatic carbocycles. The number of anilines is 2. The van der Waals surface area contributed by atoms with E-state index in [0.29, 0.717) is 0 Å². The molecule has 4 aromatic heterocycles. The van der Waals surface area contributed by atoms with Crippen molar-refractivity contribution >= 4 is 49.7 Å². The molecule has 0 saturated carbocycles. The van der Waals surface area contributed by atoms with Crippen molar-refractivity contribution in [1.82, 2.24) is 51.3 Å². The van der Waals surface area contributed by atoms with E-state index in [1.165, 1.54) is 28.1 Å². The Hall–Kier alpha value is -3.48. The van der Waals surface area contributed by atoms with Gasteiger partial charge in [0, 0.05) is 6.42 Å². The summed E-state index contributed by atoms with van der Waals surface area (Å²) in [5.74, 6) is -0.164. The molecule has 7 rings (SSSR count). The lowest BCUT2D eigenvalue weighted by molar-refractivity contribution is -0.0670. The summed E-state index contributed by atoms with van der Waals surface area (Å²) in [6.07, 6.45) is -5.96. The first-order valence-electron chi connectivity index (χ1n) is 12.8. The maximum Gasteiger partial charge on any atom is 0.472 e. The third-order valence-electron chi connectivity index (χ3n) is 7.19. The Balaban J connectivity index is 0.00000208. The molecule has 0 spiro atoms. The fourth-order valence-corrected chi connectivity index (χ4v) is 7.21. The van der Waals surface area contributed by atoms with E-state index in [1.807, 2.05) is 0 Å². The van der Waals surface area contributed by atoms with Crippen molar-refractivity contribution in [3.63, 3.8) is 0 Å². The SMILES string of the molecule is N.N.Nc1nc2c(ncn2[C@@H]2O[C@@H]3COP(=O)(O)O[C@H]4[C@@H](O)[C@H](n5cnc6c(N)ncnc65)O[C@@H]4COP(=O)(O)O[C@@H]2C3)c(=O)[nH]1. The maximum atomic E-state index is 13.2. The number of nitrogens with two attached hydrogens (primary N) is 2. The molecule has 4 aromatic rings. The van der Waals surface area contributed by atoms with Gasteiger partial charge in [0.2, 0.25) is 5.95 Å². The average molecular weight is 692 g/mol. The van der Waals surface area contributed by atoms with Gasteiger partial charge in [-0.05, 0) is 0 Å². The molecule has 46 heavy (non-hydrogen) atoms. The lowest BCUT2D eigenvalue weighted by atomic mass is 10.1. The summed E-state index contributed by atoms with van der Waals surface area (Å²) in [6, 6.07) is 0. The minimum atomic E-state index is -4.93. The quantitative estimate of drug-likeness (QED) is 0.117. The Morgan fingerprint density at radius 2 is 1.54 bits per heavy atom. The average Bonchev–Trinajstić information content (AvgIpc) is 3.72. The second kappa shape index (κ2) is 12.3. The maximum absolute atomic E-state index is 13.2. The molecule has 14 N–H and O–H groups in total. The number of nitrogen functional groups attached to an aromatic ring is 2. The van der Waals surface area contributed by atoms with Crippen molar-refractivity contribution in [3.05, 3.63) is 29.3 Å². The summed E-state index contributed by atoms with van der Waals surface area (Å²) in [6.45, 7) is -1.30. The number of aliphatic hydroxyl groups is 1. The van der Waals surface area contributed by atoms with Crippen LogP contribution in [0.5, 0.6) is 0 Å². The molecule has 7 heterocycles. The second-order valence-electron chi connectivity index (χ2n) is 10.0. The van der Waals surface area contributed by atoms with Gasteiger partial charge in [-0.3, -0.25) is 37.0 Å². The van der Waals surface area contributed by atoms with E-state index in [0.717, 1.165) is 0 Å². The van der Waals surface area contributed by atoms with Crippen molar-refractivity contribution in [2.75, 3.05) is 24.7 Å². The van der Waals surface area contributed by atoms with E-state index in [2.05, 4.69) is 29.9 Å². The molecular weight excluding hydrogens is 662 g/mol. The molecule has 3 aliphatic rings. The number of rotatable bonds is 2. The van der Waals surface area contributed by atoms with Crippen LogP contribution in [0.4, 0.5) is 11.8 Å². The highest BCUT2D eigenvalue weighted by Crippen LogP contribution is 2.53. The smallest absolute Gasteiger partial charge is 0.386 e. The van der Waals surface area contributed by atoms with E-state index >= 15 is 0 Å². The first-order chi connectivity index (χ1) is 20.9. The number of hydrogen-bond donors (Lipinski definition) is 8. The molecule has 3 aliphatic heterocycles. The van der Waals surface area contributed by atoms with Gasteiger partial charge in [0.05, 0.1) is 32.0 Å². The number of phosphoric ester groups is 2. The summed E-state index contributed by atoms with van der Waals surface area (Å²) in [4.78, 5) is 56.0. The highest BCUT2D eigenvalue weighted by molar-refractivity contribution is 7.47. The summed E-state index contributed by atoms with van der Waals surface area (Å²) < 4.78 is 61.7. The molecule has 0 radical (unpaired) electrons. The van der Waals surface area contributed by atoms with Crippen LogP contribution in [0.15, 0.2) is 23.8 Å². The topological polar surface area (TPSA) is 379 Å². The number of aromatic amines is 1. The van der Waals surface area contributed by atoms with Crippen LogP contribution >= 0.6 is 15.6 Å². The van der Waals surface area contributed by atoms with Gasteiger partial charge in [0.15, 0.2) is 35.1 Å². The third kappa shape index (κ3) is 6.02. The van der Waals surface area contributed by atoms with Gasteiger partial charge >= 0.3 is 15.6 Å². The molecule has 0 amide bonds. The highest BCUT2D eigenvalue weighted by atomic mass is 31.2. The number of aliphatic hydroxyl groups excluding tert-OH is 1. The number of imidazole rings is 2. The van der Waals surface area contributed by atoms with Gasteiger partial charge < -0.3 is 48.1 Å². The Morgan fingerprint density at radius 1 is 0.870 bits per heavy atom. The predicted octanol–water partition coefficient (Wildman–Crippen LogP) is -0.988. The Bertz CT molecular complexity index is 1900. The summed E-state index contributed by atoms with van der Waals surface area (Å²) in [5.41, 5.74) is 11.1. The third-order valence-corrected chi connectivity index (χ3v) is 9.19. The molecule has 252 valence electrons. The van der Waals surface area contributed by atoms with E-state index < -0.39 is 77.4 Å². The molecular formula is C20H30N12O12P2. The Morgan fingerprint density at radius 3 is 2.30 bits per heavy atom. The van der Waals surface area contributed by atoms with Crippen LogP contribution in [0.1, 0.15) is 18.9 Å². The number of fused-ring (bicyclic) bond motifs is 5. The van der Waals surface area contributed by atoms with Crippen LogP contribution in [0, 0.1) is 0 Å². The van der Waals surface area contributed by atoms with Crippen molar-refractivity contribution in [1.29, 1.82) is 0 Å². The van der Waals surface area contributed by atoms with Gasteiger partial charge in [-0.25, -0.2) is 29.1 Å². The van der Waals surface area contributed by atoms with Crippen LogP contribution in [-0.2, 0) is 36.7 Å². The van der Waals surface area contributed by atoms with Crippen LogP contribution < -0.4 is 29.3 Å². The molecule has 2 bridgehead atoms. The number of nitrogens with zero attached hydrogens (tertiary/aromatic N) is 7. The van der Waals surface area contributed by atoms with E-state index in [4.69, 9.17) is 39.0 Å². The molecule has 24 nitrogen and oxygen atoms in total. The van der Waals surface area contributed by atoms with E-state index in [-0.39, 0.29) is 52.8 Å². The highest BCUT2D eigenvalue weighted by Gasteiger charge is 2.51. The van der Waals surface area contributed by atoms with Gasteiger partial charge in [-0.1, -0.05) is 0 Å². The van der Waals surface area contributed by atoms with Gasteiger partial charge in [0.1, 0.15) is 36.3 Å². The minimum absolute atomic E-state index is 0. The molecule has 3 saturated heterocycles. The number of ether oxygens (including phenoxy) is 2. The molecule has 9 atom stereocenters. The minimum Gasteiger partial charge on any atom is -0.386 e. The van der Waals surface area contributed by atoms with E-state index in [1.54, 1.807) is 0 Å². The fraction of sp³-hybridized carbons (Fsp3) is 0.500. The summed E-state index contributed by atoms with van der Waals surface area (Å²) in [7, 11) is -9.84. The normalized spacial score (nSPS) is 35.0. The fourth-order valence-electron chi connectivity index (χ4n) is 5.29. The van der Waals surface area contributed by atoms with Crippen LogP contribution in [-0.4, -0.2) is 97.7 Å². The zero-order valence-corrected chi connectivity index (χ0v) is 25.3. The number of nitrogens with one attached hydrogen (secondary N) is 1. The van der Waals surface area contributed by atoms with Crippen LogP contribution in [0.25, 0.3) is 22.3 Å². The largest absolute Gasteiger partial charge is 0.472 e. The standard InChI is InChI=1S/C20H24N10O12P2.2H3N/c21-14-10-15(24-4-23-14)29(5-25-10)19-12(31)13-9(40-19)3-38-43(33,34)41-8-1-7(2-37-44(35,36)42-13)39-18(8)30-6-26-11-16(30)27-20(22)28-17(11)32;;/h4-9,12-13,18-19,31H,1-3H2,(H,33,34)(H,35,36)(H2,21,23,24)(H3,22,27,28,32);2*1H3/t7-,8+,9+,12+,13+,18+,19+;;/m0../s1. The summed E-state index contributed by atoms with van der Waals surface area (Å²) in [5, 5.41) is 11.1. The summed E-state index contributed by atoms with van der Waals surface area (Å²) >= 11 is 0. The lowest BCUT2D eigenvalue weighted by Crippen LogP contribution is -2.36. The van der Waals surface area contributed by atoms with E-state index in [9.17, 15) is 28.8 Å². The van der Waals surface area contributed by atoms with Gasteiger partial charge in [0.25, 0.3) is 5.56 Å². The molecule has 0 aliphatic carbocycles. The Kier molecular flexibility index (Phi) is 9.04. The van der Waals surface area contributed by atoms with Gasteiger partial charge in [-0.2, -0.15) is 4.98 Å². The second-order valence-corrected chi connectivity index (χ2v) is 12.9. The first-order valence-corrected chi connectivity index (χ1v) is 15.8. The van der Waals surface area contributed by atoms with Crippen molar-refractivity contribution < 1.29 is 51.6 Å². The van der Waals surface area contributed by atoms with Crippen molar-refractivity contribution in [2.24, 2.45) is 0 Å². The van der Waals surface area contributed by atoms with Crippen molar-refractivity contribution in [2.45, 2.75) is 49.4 Å². The first kappa shape index (κ1) is 33.9. The molecule has 26 heteroatoms. The number of phosphoric acid groups is 2. The monoisotopic (exact) mass is 692 g/mol. The zero-order chi connectivity index (χ0) is 31.0. The van der Waals surface area contributed by atoms with Crippen molar-refractivity contribution in [3.8, 4) is 0 Å². The number of H-pyrrole nitrogens is 1. The van der Waals surface area contributed by atoms with Crippen LogP contribution in [0.3, 0.4) is 0 Å². The number of hydrogen-bond acceptors (Lipinski definition) is 19. The predicted molar refractivity (Wildman–Crippen MR) is 152 cm³/mol. The molecule has 3 fully saturated rings. The lowest BCUT2D eigenvalue weighted by Gasteiger charge is -2.25.